The highest BCUT2D eigenvalue weighted by molar-refractivity contribution is 9.10. The van der Waals surface area contributed by atoms with E-state index in [1.54, 1.807) is 6.92 Å². The van der Waals surface area contributed by atoms with E-state index in [1.807, 2.05) is 6.92 Å². The van der Waals surface area contributed by atoms with E-state index in [4.69, 9.17) is 10.7 Å². The van der Waals surface area contributed by atoms with Gasteiger partial charge in [-0.1, -0.05) is 35.7 Å². The van der Waals surface area contributed by atoms with E-state index in [1.165, 1.54) is 12.1 Å². The molecule has 0 saturated carbocycles. The van der Waals surface area contributed by atoms with E-state index >= 15 is 0 Å². The van der Waals surface area contributed by atoms with Crippen LogP contribution in [0, 0.1) is 6.92 Å². The molecule has 0 fully saturated rings. The van der Waals surface area contributed by atoms with Crippen molar-refractivity contribution in [3.05, 3.63) is 27.7 Å². The third-order valence-electron chi connectivity index (χ3n) is 3.21. The van der Waals surface area contributed by atoms with Gasteiger partial charge in [-0.25, -0.2) is 8.42 Å². The van der Waals surface area contributed by atoms with Gasteiger partial charge in [0.05, 0.1) is 4.90 Å². The quantitative estimate of drug-likeness (QED) is 0.739. The van der Waals surface area contributed by atoms with Gasteiger partial charge in [0.1, 0.15) is 0 Å². The van der Waals surface area contributed by atoms with Gasteiger partial charge in [-0.05, 0) is 38.0 Å². The summed E-state index contributed by atoms with van der Waals surface area (Å²) in [5.74, 6) is -0.293. The monoisotopic (exact) mass is 395 g/mol. The van der Waals surface area contributed by atoms with Gasteiger partial charge in [0.15, 0.2) is 0 Å². The van der Waals surface area contributed by atoms with E-state index in [-0.39, 0.29) is 16.8 Å². The molecular formula is C14H19BrClNO3S. The number of unbranched alkanes of at least 4 members (excludes halogenated alkanes) is 1. The Bertz CT molecular complexity index is 631. The number of benzene rings is 1. The molecule has 0 bridgehead atoms. The number of halogens is 2. The number of hydrogen-bond donors (Lipinski definition) is 1. The summed E-state index contributed by atoms with van der Waals surface area (Å²) in [4.78, 5) is 12.2. The van der Waals surface area contributed by atoms with E-state index in [0.717, 1.165) is 19.3 Å². The van der Waals surface area contributed by atoms with Crippen molar-refractivity contribution >= 4 is 41.6 Å². The second-order valence-corrected chi connectivity index (χ2v) is 8.45. The Morgan fingerprint density at radius 3 is 2.57 bits per heavy atom. The molecule has 0 spiro atoms. The molecule has 0 aromatic heterocycles. The Morgan fingerprint density at radius 1 is 1.43 bits per heavy atom. The van der Waals surface area contributed by atoms with Crippen LogP contribution in [0.4, 0.5) is 0 Å². The lowest BCUT2D eigenvalue weighted by molar-refractivity contribution is 0.0937. The second-order valence-electron chi connectivity index (χ2n) is 5.03. The maximum Gasteiger partial charge on any atom is 0.261 e. The minimum atomic E-state index is -3.88. The van der Waals surface area contributed by atoms with Crippen molar-refractivity contribution in [2.75, 3.05) is 0 Å². The maximum atomic E-state index is 12.3. The van der Waals surface area contributed by atoms with Crippen molar-refractivity contribution in [3.8, 4) is 0 Å². The fourth-order valence-electron chi connectivity index (χ4n) is 1.91. The number of hydrogen-bond acceptors (Lipinski definition) is 3. The van der Waals surface area contributed by atoms with Crippen LogP contribution < -0.4 is 5.32 Å². The smallest absolute Gasteiger partial charge is 0.261 e. The molecule has 0 aliphatic rings. The summed E-state index contributed by atoms with van der Waals surface area (Å²) in [6, 6.07) is 2.74. The number of nitrogens with one attached hydrogen (secondary N) is 1. The van der Waals surface area contributed by atoms with Crippen LogP contribution in [0.3, 0.4) is 0 Å². The molecule has 21 heavy (non-hydrogen) atoms. The number of rotatable bonds is 6. The first kappa shape index (κ1) is 18.5. The first-order valence-electron chi connectivity index (χ1n) is 6.72. The summed E-state index contributed by atoms with van der Waals surface area (Å²) in [6.45, 7) is 5.77. The van der Waals surface area contributed by atoms with Gasteiger partial charge in [-0.3, -0.25) is 4.79 Å². The SMILES string of the molecule is CCCCC(C)NC(=O)c1cc(S(=O)(=O)Cl)cc(Br)c1C. The second kappa shape index (κ2) is 7.61. The molecule has 0 heterocycles. The van der Waals surface area contributed by atoms with Gasteiger partial charge in [-0.2, -0.15) is 0 Å². The van der Waals surface area contributed by atoms with E-state index in [9.17, 15) is 13.2 Å². The number of amides is 1. The molecule has 1 amide bonds. The molecule has 1 unspecified atom stereocenters. The van der Waals surface area contributed by atoms with Crippen LogP contribution in [0.1, 0.15) is 49.0 Å². The third kappa shape index (κ3) is 5.27. The maximum absolute atomic E-state index is 12.3. The van der Waals surface area contributed by atoms with Crippen LogP contribution >= 0.6 is 26.6 Å². The van der Waals surface area contributed by atoms with Crippen molar-refractivity contribution in [3.63, 3.8) is 0 Å². The summed E-state index contributed by atoms with van der Waals surface area (Å²) in [6.07, 6.45) is 2.97. The minimum absolute atomic E-state index is 0.0342. The zero-order valence-corrected chi connectivity index (χ0v) is 15.4. The van der Waals surface area contributed by atoms with Crippen molar-refractivity contribution in [1.29, 1.82) is 0 Å². The first-order valence-corrected chi connectivity index (χ1v) is 9.82. The molecule has 0 saturated heterocycles. The van der Waals surface area contributed by atoms with Crippen molar-refractivity contribution < 1.29 is 13.2 Å². The van der Waals surface area contributed by atoms with Crippen LogP contribution in [0.15, 0.2) is 21.5 Å². The van der Waals surface area contributed by atoms with Crippen molar-refractivity contribution in [2.45, 2.75) is 51.0 Å². The summed E-state index contributed by atoms with van der Waals surface area (Å²) in [5, 5.41) is 2.88. The fourth-order valence-corrected chi connectivity index (χ4v) is 3.31. The molecule has 1 aromatic rings. The van der Waals surface area contributed by atoms with E-state index in [2.05, 4.69) is 28.2 Å². The van der Waals surface area contributed by atoms with Gasteiger partial charge in [0.2, 0.25) is 0 Å². The molecule has 118 valence electrons. The lowest BCUT2D eigenvalue weighted by atomic mass is 10.1. The largest absolute Gasteiger partial charge is 0.350 e. The molecule has 0 aliphatic carbocycles. The molecule has 4 nitrogen and oxygen atoms in total. The molecule has 0 radical (unpaired) electrons. The Labute approximate surface area is 138 Å². The summed E-state index contributed by atoms with van der Waals surface area (Å²) >= 11 is 3.26. The van der Waals surface area contributed by atoms with Crippen LogP contribution in [0.25, 0.3) is 0 Å². The van der Waals surface area contributed by atoms with Crippen LogP contribution in [0.2, 0.25) is 0 Å². The molecule has 7 heteroatoms. The van der Waals surface area contributed by atoms with E-state index in [0.29, 0.717) is 15.6 Å². The van der Waals surface area contributed by atoms with Gasteiger partial charge in [0.25, 0.3) is 15.0 Å². The minimum Gasteiger partial charge on any atom is -0.350 e. The lowest BCUT2D eigenvalue weighted by Gasteiger charge is -2.15. The van der Waals surface area contributed by atoms with Gasteiger partial charge < -0.3 is 5.32 Å². The van der Waals surface area contributed by atoms with E-state index < -0.39 is 9.05 Å². The summed E-state index contributed by atoms with van der Waals surface area (Å²) in [5.41, 5.74) is 0.992. The van der Waals surface area contributed by atoms with Gasteiger partial charge >= 0.3 is 0 Å². The number of carbonyl (C=O) groups is 1. The molecule has 1 aromatic carbocycles. The van der Waals surface area contributed by atoms with Gasteiger partial charge in [-0.15, -0.1) is 0 Å². The topological polar surface area (TPSA) is 63.2 Å². The summed E-state index contributed by atoms with van der Waals surface area (Å²) in [7, 11) is 1.47. The average Bonchev–Trinajstić information content (AvgIpc) is 2.37. The highest BCUT2D eigenvalue weighted by Crippen LogP contribution is 2.26. The van der Waals surface area contributed by atoms with Crippen LogP contribution in [0.5, 0.6) is 0 Å². The predicted molar refractivity (Wildman–Crippen MR) is 88.4 cm³/mol. The number of carbonyl (C=O) groups excluding carboxylic acids is 1. The fraction of sp³-hybridized carbons (Fsp3) is 0.500. The molecule has 1 atom stereocenters. The van der Waals surface area contributed by atoms with Crippen molar-refractivity contribution in [1.82, 2.24) is 5.32 Å². The molecular weight excluding hydrogens is 378 g/mol. The Kier molecular flexibility index (Phi) is 6.69. The Balaban J connectivity index is 3.06. The zero-order valence-electron chi connectivity index (χ0n) is 12.2. The molecule has 1 N–H and O–H groups in total. The first-order chi connectivity index (χ1) is 9.66. The third-order valence-corrected chi connectivity index (χ3v) is 5.37. The molecule has 1 rings (SSSR count). The standard InChI is InChI=1S/C14H19BrClNO3S/c1-4-5-6-9(2)17-14(18)12-7-11(21(16,19)20)8-13(15)10(12)3/h7-9H,4-6H2,1-3H3,(H,17,18). The van der Waals surface area contributed by atoms with Crippen LogP contribution in [-0.2, 0) is 9.05 Å². The Hall–Kier alpha value is -0.590. The predicted octanol–water partition coefficient (Wildman–Crippen LogP) is 3.99. The normalized spacial score (nSPS) is 13.0. The van der Waals surface area contributed by atoms with Crippen molar-refractivity contribution in [2.24, 2.45) is 0 Å². The molecule has 0 aliphatic heterocycles. The van der Waals surface area contributed by atoms with Crippen LogP contribution in [-0.4, -0.2) is 20.4 Å². The highest BCUT2D eigenvalue weighted by atomic mass is 79.9. The lowest BCUT2D eigenvalue weighted by Crippen LogP contribution is -2.33. The highest BCUT2D eigenvalue weighted by Gasteiger charge is 2.19. The van der Waals surface area contributed by atoms with Gasteiger partial charge in [0, 0.05) is 26.8 Å². The zero-order chi connectivity index (χ0) is 16.2. The summed E-state index contributed by atoms with van der Waals surface area (Å²) < 4.78 is 23.4. The average molecular weight is 397 g/mol. The Morgan fingerprint density at radius 2 is 2.05 bits per heavy atom.